The Morgan fingerprint density at radius 2 is 0.260 bits per heavy atom. The molecule has 0 saturated carbocycles. The lowest BCUT2D eigenvalue weighted by atomic mass is 9.78. The van der Waals surface area contributed by atoms with E-state index in [4.69, 9.17) is 0 Å². The third-order valence-electron chi connectivity index (χ3n) is 19.0. The summed E-state index contributed by atoms with van der Waals surface area (Å²) in [6.07, 6.45) is 0. The smallest absolute Gasteiger partial charge is 0.00264 e. The van der Waals surface area contributed by atoms with Crippen LogP contribution in [0.4, 0.5) is 0 Å². The van der Waals surface area contributed by atoms with E-state index in [9.17, 15) is 0 Å². The van der Waals surface area contributed by atoms with Gasteiger partial charge >= 0.3 is 0 Å². The monoisotopic (exact) mass is 1280 g/mol. The maximum atomic E-state index is 2.51. The summed E-state index contributed by atoms with van der Waals surface area (Å²) in [4.78, 5) is 0. The first-order valence-corrected chi connectivity index (χ1v) is 34.8. The van der Waals surface area contributed by atoms with Crippen molar-refractivity contribution in [1.82, 2.24) is 0 Å². The van der Waals surface area contributed by atoms with E-state index < -0.39 is 0 Å². The Kier molecular flexibility index (Phi) is 19.6. The van der Waals surface area contributed by atoms with Crippen LogP contribution < -0.4 is 0 Å². The predicted octanol–water partition coefficient (Wildman–Crippen LogP) is 25.9. The lowest BCUT2D eigenvalue weighted by Gasteiger charge is -2.25. The second-order valence-electron chi connectivity index (χ2n) is 26.3. The summed E-state index contributed by atoms with van der Waals surface area (Å²) >= 11 is 0. The van der Waals surface area contributed by atoms with Crippen LogP contribution in [0.2, 0.25) is 0 Å². The first-order valence-electron chi connectivity index (χ1n) is 34.8. The number of aryl methyl sites for hydroxylation is 4. The maximum Gasteiger partial charge on any atom is -0.00264 e. The molecule has 0 heteroatoms. The second kappa shape index (κ2) is 30.0. The topological polar surface area (TPSA) is 0 Å². The molecule has 0 aromatic heterocycles. The highest BCUT2D eigenvalue weighted by atomic mass is 14.3. The van der Waals surface area contributed by atoms with Crippen LogP contribution in [0.3, 0.4) is 0 Å². The van der Waals surface area contributed by atoms with Crippen LogP contribution in [-0.4, -0.2) is 0 Å². The van der Waals surface area contributed by atoms with Gasteiger partial charge in [0.05, 0.1) is 0 Å². The van der Waals surface area contributed by atoms with E-state index in [0.717, 1.165) is 145 Å². The highest BCUT2D eigenvalue weighted by molar-refractivity contribution is 6.12. The maximum absolute atomic E-state index is 2.51. The van der Waals surface area contributed by atoms with Crippen LogP contribution in [0.15, 0.2) is 376 Å². The summed E-state index contributed by atoms with van der Waals surface area (Å²) in [7, 11) is 0. The molecular weight excluding hydrogens is 1200 g/mol. The zero-order valence-corrected chi connectivity index (χ0v) is 57.8. The highest BCUT2D eigenvalue weighted by Gasteiger charge is 2.27. The molecule has 0 spiro atoms. The predicted molar refractivity (Wildman–Crippen MR) is 427 cm³/mol. The summed E-state index contributed by atoms with van der Waals surface area (Å²) in [6.45, 7) is 13.5. The average molecular weight is 1280 g/mol. The van der Waals surface area contributed by atoms with Gasteiger partial charge in [-0.25, -0.2) is 0 Å². The van der Waals surface area contributed by atoms with Crippen molar-refractivity contribution >= 4 is 55.7 Å². The molecule has 0 saturated heterocycles. The Morgan fingerprint density at radius 3 is 0.430 bits per heavy atom. The van der Waals surface area contributed by atoms with Gasteiger partial charge in [0, 0.05) is 0 Å². The van der Waals surface area contributed by atoms with Crippen LogP contribution in [0.1, 0.15) is 136 Å². The lowest BCUT2D eigenvalue weighted by molar-refractivity contribution is 1.36. The zero-order chi connectivity index (χ0) is 68.3. The molecule has 0 unspecified atom stereocenters. The molecule has 0 aliphatic rings. The number of rotatable bonds is 18. The molecule has 14 aromatic carbocycles. The molecule has 0 amide bonds. The number of hydrogen-bond acceptors (Lipinski definition) is 0. The fourth-order valence-electron chi connectivity index (χ4n) is 14.8. The van der Waals surface area contributed by atoms with Crippen LogP contribution in [0.25, 0.3) is 55.7 Å². The standard InChI is InChI=1S/C100H80/c1-69-57-70(2)60-85(59-69)95(79-45-25-11-26-46-79)97(81-49-29-13-30-50-81)90-66-91(98(82-51-31-14-32-52-82)96(80-47-27-12-28-48-80)86-61-71(3)58-72(4)62-86)68-92(67-90)100(84-55-35-16-36-56-84)99(83-53-33-15-34-54-83)89-64-87(93(77-41-21-9-22-42-77)73(5)75-37-17-7-18-38-75)63-88(65-89)94(78-43-23-10-24-44-78)74(6)76-39-19-8-20-40-76/h7-68H,1-6H3/b93-73+,94-74+,97-95-,98-96-,100-99+. The molecule has 0 nitrogen and oxygen atoms in total. The van der Waals surface area contributed by atoms with Gasteiger partial charge in [-0.05, 0) is 234 Å². The fourth-order valence-corrected chi connectivity index (χ4v) is 14.8. The first-order chi connectivity index (χ1) is 49.1. The SMILES string of the molecule is C/C(=C(/c1ccccc1)c1cc(/C(=C(\C)c2ccccc2)c2ccccc2)cc(/C(=C(\c2ccccc2)c2cc(/C(=C(/c3ccccc3)c3cc(C)cc(C)c3)c3ccccc3)cc(/C(=C(/c3ccccc3)c3cc(C)cc(C)c3)c3ccccc3)c2)c2ccccc2)c1)c1ccccc1. The van der Waals surface area contributed by atoms with Gasteiger partial charge in [-0.2, -0.15) is 0 Å². The van der Waals surface area contributed by atoms with Crippen LogP contribution in [0.5, 0.6) is 0 Å². The molecule has 0 atom stereocenters. The van der Waals surface area contributed by atoms with E-state index in [1.807, 2.05) is 0 Å². The van der Waals surface area contributed by atoms with Crippen molar-refractivity contribution in [2.24, 2.45) is 0 Å². The van der Waals surface area contributed by atoms with Crippen LogP contribution in [-0.2, 0) is 0 Å². The third kappa shape index (κ3) is 14.3. The van der Waals surface area contributed by atoms with Crippen molar-refractivity contribution in [2.75, 3.05) is 0 Å². The summed E-state index contributed by atoms with van der Waals surface area (Å²) in [5.41, 5.74) is 36.3. The van der Waals surface area contributed by atoms with E-state index in [1.165, 1.54) is 33.4 Å². The zero-order valence-electron chi connectivity index (χ0n) is 57.8. The summed E-state index contributed by atoms with van der Waals surface area (Å²) < 4.78 is 0. The number of hydrogen-bond donors (Lipinski definition) is 0. The van der Waals surface area contributed by atoms with Crippen molar-refractivity contribution in [1.29, 1.82) is 0 Å². The molecule has 100 heavy (non-hydrogen) atoms. The molecule has 14 rings (SSSR count). The number of benzene rings is 14. The molecule has 0 radical (unpaired) electrons. The molecular formula is C100H80. The summed E-state index contributed by atoms with van der Waals surface area (Å²) in [6, 6.07) is 140. The van der Waals surface area contributed by atoms with Crippen molar-refractivity contribution in [3.05, 3.63) is 499 Å². The van der Waals surface area contributed by atoms with Gasteiger partial charge in [0.2, 0.25) is 0 Å². The van der Waals surface area contributed by atoms with Crippen LogP contribution >= 0.6 is 0 Å². The summed E-state index contributed by atoms with van der Waals surface area (Å²) in [5.74, 6) is 0. The summed E-state index contributed by atoms with van der Waals surface area (Å²) in [5, 5.41) is 0. The van der Waals surface area contributed by atoms with Crippen LogP contribution in [0, 0.1) is 27.7 Å². The van der Waals surface area contributed by atoms with Crippen molar-refractivity contribution < 1.29 is 0 Å². The third-order valence-corrected chi connectivity index (χ3v) is 19.0. The average Bonchev–Trinajstić information content (AvgIpc) is 0.752. The van der Waals surface area contributed by atoms with Gasteiger partial charge < -0.3 is 0 Å². The van der Waals surface area contributed by atoms with E-state index in [0.29, 0.717) is 0 Å². The highest BCUT2D eigenvalue weighted by Crippen LogP contribution is 2.48. The Balaban J connectivity index is 1.22. The first kappa shape index (κ1) is 65.1. The number of allylic oxidation sites excluding steroid dienone is 2. The molecule has 0 aliphatic heterocycles. The van der Waals surface area contributed by atoms with Gasteiger partial charge in [0.1, 0.15) is 0 Å². The lowest BCUT2D eigenvalue weighted by Crippen LogP contribution is -2.05. The minimum absolute atomic E-state index is 1.06. The molecule has 0 bridgehead atoms. The van der Waals surface area contributed by atoms with Gasteiger partial charge in [0.25, 0.3) is 0 Å². The Bertz CT molecular complexity index is 5030. The van der Waals surface area contributed by atoms with Crippen molar-refractivity contribution in [3.8, 4) is 0 Å². The molecule has 14 aromatic rings. The van der Waals surface area contributed by atoms with E-state index in [1.54, 1.807) is 0 Å². The van der Waals surface area contributed by atoms with E-state index in [2.05, 4.69) is 418 Å². The molecule has 0 heterocycles. The molecule has 0 aliphatic carbocycles. The van der Waals surface area contributed by atoms with Gasteiger partial charge in [-0.1, -0.05) is 362 Å². The molecule has 0 N–H and O–H groups in total. The Hall–Kier alpha value is -12.2. The van der Waals surface area contributed by atoms with Gasteiger partial charge in [-0.15, -0.1) is 0 Å². The molecule has 0 fully saturated rings. The minimum Gasteiger partial charge on any atom is -0.0622 e. The van der Waals surface area contributed by atoms with Crippen molar-refractivity contribution in [2.45, 2.75) is 41.5 Å². The Labute approximate surface area is 592 Å². The van der Waals surface area contributed by atoms with Crippen molar-refractivity contribution in [3.63, 3.8) is 0 Å². The van der Waals surface area contributed by atoms with Gasteiger partial charge in [-0.3, -0.25) is 0 Å². The fraction of sp³-hybridized carbons (Fsp3) is 0.0600. The van der Waals surface area contributed by atoms with E-state index >= 15 is 0 Å². The Morgan fingerprint density at radius 1 is 0.130 bits per heavy atom. The minimum atomic E-state index is 1.06. The largest absolute Gasteiger partial charge is 0.0622 e. The second-order valence-corrected chi connectivity index (χ2v) is 26.3. The van der Waals surface area contributed by atoms with Gasteiger partial charge in [0.15, 0.2) is 0 Å². The normalized spacial score (nSPS) is 12.7. The quantitative estimate of drug-likeness (QED) is 0.0751. The van der Waals surface area contributed by atoms with E-state index in [-0.39, 0.29) is 0 Å². The molecule has 480 valence electrons.